The zero-order valence-corrected chi connectivity index (χ0v) is 22.3. The number of nitrogens with zero attached hydrogens (tertiary/aromatic N) is 2. The number of hydrogen-bond acceptors (Lipinski definition) is 5. The van der Waals surface area contributed by atoms with Gasteiger partial charge in [-0.25, -0.2) is 4.39 Å². The van der Waals surface area contributed by atoms with Gasteiger partial charge in [0.1, 0.15) is 18.5 Å². The van der Waals surface area contributed by atoms with Gasteiger partial charge in [0.25, 0.3) is 5.91 Å². The van der Waals surface area contributed by atoms with E-state index in [1.807, 2.05) is 31.5 Å². The van der Waals surface area contributed by atoms with Gasteiger partial charge in [0.05, 0.1) is 29.3 Å². The van der Waals surface area contributed by atoms with E-state index in [4.69, 9.17) is 9.47 Å². The molecule has 0 spiro atoms. The maximum absolute atomic E-state index is 13.7. The van der Waals surface area contributed by atoms with Gasteiger partial charge in [-0.3, -0.25) is 4.79 Å². The number of thiazole rings is 1. The van der Waals surface area contributed by atoms with Gasteiger partial charge in [-0.1, -0.05) is 20.8 Å². The van der Waals surface area contributed by atoms with E-state index >= 15 is 0 Å². The quantitative estimate of drug-likeness (QED) is 0.506. The normalized spacial score (nSPS) is 25.1. The fraction of sp³-hybridized carbons (Fsp3) is 0.615. The number of amides is 1. The molecule has 1 aromatic carbocycles. The number of carbonyl (C=O) groups is 1. The molecule has 1 N–H and O–H groups in total. The van der Waals surface area contributed by atoms with Gasteiger partial charge in [-0.2, -0.15) is 18.2 Å². The number of carbonyl (C=O) groups excluding carboxylic acids is 1. The first-order valence-electron chi connectivity index (χ1n) is 12.4. The van der Waals surface area contributed by atoms with E-state index in [9.17, 15) is 22.4 Å². The highest BCUT2D eigenvalue weighted by atomic mass is 32.1. The summed E-state index contributed by atoms with van der Waals surface area (Å²) in [4.78, 5) is 19.0. The summed E-state index contributed by atoms with van der Waals surface area (Å²) in [7, 11) is 0. The first-order chi connectivity index (χ1) is 17.2. The van der Waals surface area contributed by atoms with Crippen molar-refractivity contribution in [1.29, 1.82) is 0 Å². The van der Waals surface area contributed by atoms with Crippen molar-refractivity contribution in [3.8, 4) is 5.75 Å². The Morgan fingerprint density at radius 2 is 2.08 bits per heavy atom. The van der Waals surface area contributed by atoms with Crippen LogP contribution in [0, 0.1) is 0 Å². The molecule has 4 rings (SSSR count). The smallest absolute Gasteiger partial charge is 0.416 e. The van der Waals surface area contributed by atoms with E-state index in [0.29, 0.717) is 18.0 Å². The Morgan fingerprint density at radius 1 is 1.32 bits per heavy atom. The largest absolute Gasteiger partial charge is 0.491 e. The van der Waals surface area contributed by atoms with Gasteiger partial charge in [0.2, 0.25) is 0 Å². The van der Waals surface area contributed by atoms with Crippen LogP contribution in [0.5, 0.6) is 5.75 Å². The topological polar surface area (TPSA) is 64.9 Å². The van der Waals surface area contributed by atoms with E-state index in [-0.39, 0.29) is 42.4 Å². The van der Waals surface area contributed by atoms with Crippen LogP contribution >= 0.6 is 11.3 Å². The molecule has 0 saturated carbocycles. The summed E-state index contributed by atoms with van der Waals surface area (Å²) in [6, 6.07) is 2.77. The van der Waals surface area contributed by atoms with Crippen LogP contribution in [0.25, 0.3) is 0 Å². The van der Waals surface area contributed by atoms with Gasteiger partial charge in [-0.15, -0.1) is 11.3 Å². The van der Waals surface area contributed by atoms with Crippen LogP contribution in [0.15, 0.2) is 29.4 Å². The lowest BCUT2D eigenvalue weighted by molar-refractivity contribution is -0.137. The monoisotopic (exact) mass is 543 g/mol. The Hall–Kier alpha value is -2.24. The first kappa shape index (κ1) is 27.8. The fourth-order valence-corrected chi connectivity index (χ4v) is 5.49. The lowest BCUT2D eigenvalue weighted by Gasteiger charge is -2.25. The van der Waals surface area contributed by atoms with E-state index in [0.717, 1.165) is 35.9 Å². The van der Waals surface area contributed by atoms with Crippen molar-refractivity contribution in [2.45, 2.75) is 82.9 Å². The fourth-order valence-electron chi connectivity index (χ4n) is 4.44. The maximum atomic E-state index is 13.7. The number of benzene rings is 1. The lowest BCUT2D eigenvalue weighted by atomic mass is 9.95. The number of alkyl halides is 4. The molecule has 2 saturated heterocycles. The van der Waals surface area contributed by atoms with Crippen molar-refractivity contribution < 1.29 is 31.8 Å². The van der Waals surface area contributed by atoms with Crippen LogP contribution in [-0.4, -0.2) is 48.0 Å². The van der Waals surface area contributed by atoms with Crippen LogP contribution in [0.3, 0.4) is 0 Å². The average Bonchev–Trinajstić information content (AvgIpc) is 3.53. The van der Waals surface area contributed by atoms with Crippen molar-refractivity contribution in [2.75, 3.05) is 19.8 Å². The predicted octanol–water partition coefficient (Wildman–Crippen LogP) is 5.25. The Bertz CT molecular complexity index is 1190. The summed E-state index contributed by atoms with van der Waals surface area (Å²) in [6.45, 7) is 9.24. The highest BCUT2D eigenvalue weighted by molar-refractivity contribution is 7.09. The Kier molecular flexibility index (Phi) is 7.88. The van der Waals surface area contributed by atoms with E-state index in [1.54, 1.807) is 6.92 Å². The molecular weight excluding hydrogens is 510 g/mol. The van der Waals surface area contributed by atoms with Crippen LogP contribution in [0.1, 0.15) is 67.8 Å². The standard InChI is InChI=1S/C26H33F4N3O3S/c1-24(2,3)21-14-33(13-18-6-5-9-35-18)23(37-21)32-22(34)19-10-16(26(28,29)30)7-8-20(19)36-15-25(4)11-17(27)12-31-25/h7-8,10,14,17-18,31H,5-6,9,11-13,15H2,1-4H3/t17-,18+,25-/m0/s1. The summed E-state index contributed by atoms with van der Waals surface area (Å²) in [5.74, 6) is -0.859. The molecule has 37 heavy (non-hydrogen) atoms. The van der Waals surface area contributed by atoms with Gasteiger partial charge in [-0.05, 0) is 43.4 Å². The highest BCUT2D eigenvalue weighted by Crippen LogP contribution is 2.34. The number of hydrogen-bond donors (Lipinski definition) is 1. The number of aromatic nitrogens is 1. The third-order valence-electron chi connectivity index (χ3n) is 6.59. The molecular formula is C26H33F4N3O3S. The minimum absolute atomic E-state index is 0.00867. The molecule has 0 radical (unpaired) electrons. The summed E-state index contributed by atoms with van der Waals surface area (Å²) in [5, 5.41) is 3.03. The number of halogens is 4. The molecule has 1 amide bonds. The third-order valence-corrected chi connectivity index (χ3v) is 8.03. The van der Waals surface area contributed by atoms with E-state index in [2.05, 4.69) is 10.3 Å². The highest BCUT2D eigenvalue weighted by Gasteiger charge is 2.36. The lowest BCUT2D eigenvalue weighted by Crippen LogP contribution is -2.42. The van der Waals surface area contributed by atoms with E-state index in [1.165, 1.54) is 11.3 Å². The van der Waals surface area contributed by atoms with Gasteiger partial charge in [0.15, 0.2) is 4.80 Å². The van der Waals surface area contributed by atoms with Crippen LogP contribution in [0.4, 0.5) is 17.6 Å². The molecule has 11 heteroatoms. The molecule has 2 aliphatic heterocycles. The molecule has 2 aliphatic rings. The van der Waals surface area contributed by atoms with Crippen LogP contribution < -0.4 is 14.9 Å². The Morgan fingerprint density at radius 3 is 2.68 bits per heavy atom. The first-order valence-corrected chi connectivity index (χ1v) is 13.2. The summed E-state index contributed by atoms with van der Waals surface area (Å²) >= 11 is 1.33. The summed E-state index contributed by atoms with van der Waals surface area (Å²) in [5.41, 5.74) is -2.16. The van der Waals surface area contributed by atoms with Crippen molar-refractivity contribution in [2.24, 2.45) is 4.99 Å². The van der Waals surface area contributed by atoms with Crippen molar-refractivity contribution in [3.63, 3.8) is 0 Å². The third kappa shape index (κ3) is 6.80. The average molecular weight is 544 g/mol. The molecule has 0 aliphatic carbocycles. The summed E-state index contributed by atoms with van der Waals surface area (Å²) in [6.07, 6.45) is -1.71. The molecule has 3 heterocycles. The minimum Gasteiger partial charge on any atom is -0.491 e. The number of rotatable bonds is 6. The van der Waals surface area contributed by atoms with Crippen LogP contribution in [-0.2, 0) is 22.9 Å². The molecule has 2 fully saturated rings. The second-order valence-electron chi connectivity index (χ2n) is 11.1. The second-order valence-corrected chi connectivity index (χ2v) is 12.1. The zero-order chi connectivity index (χ0) is 27.0. The number of nitrogens with one attached hydrogen (secondary N) is 1. The molecule has 0 unspecified atom stereocenters. The minimum atomic E-state index is -4.64. The van der Waals surface area contributed by atoms with E-state index < -0.39 is 29.4 Å². The van der Waals surface area contributed by atoms with Crippen molar-refractivity contribution in [1.82, 2.24) is 9.88 Å². The predicted molar refractivity (Wildman–Crippen MR) is 133 cm³/mol. The molecule has 6 nitrogen and oxygen atoms in total. The molecule has 2 aromatic rings. The van der Waals surface area contributed by atoms with Crippen molar-refractivity contribution in [3.05, 3.63) is 45.2 Å². The molecule has 204 valence electrons. The molecule has 1 aromatic heterocycles. The van der Waals surface area contributed by atoms with Gasteiger partial charge < -0.3 is 19.4 Å². The van der Waals surface area contributed by atoms with Gasteiger partial charge in [0, 0.05) is 30.6 Å². The molecule has 0 bridgehead atoms. The zero-order valence-electron chi connectivity index (χ0n) is 21.5. The molecule has 3 atom stereocenters. The Labute approximate surface area is 217 Å². The Balaban J connectivity index is 1.70. The van der Waals surface area contributed by atoms with Crippen LogP contribution in [0.2, 0.25) is 0 Å². The maximum Gasteiger partial charge on any atom is 0.416 e. The second kappa shape index (κ2) is 10.5. The van der Waals surface area contributed by atoms with Gasteiger partial charge >= 0.3 is 6.18 Å². The number of ether oxygens (including phenoxy) is 2. The van der Waals surface area contributed by atoms with Crippen molar-refractivity contribution >= 4 is 17.2 Å². The SMILES string of the molecule is CC(C)(C)c1cn(C[C@H]2CCCO2)c(=NC(=O)c2cc(C(F)(F)F)ccc2OC[C@]2(C)C[C@H](F)CN2)s1. The summed E-state index contributed by atoms with van der Waals surface area (Å²) < 4.78 is 67.6.